The van der Waals surface area contributed by atoms with E-state index in [4.69, 9.17) is 4.74 Å². The molecule has 0 aliphatic carbocycles. The molecule has 3 nitrogen and oxygen atoms in total. The second kappa shape index (κ2) is 7.56. The number of likely N-dealkylation sites (N-methyl/N-ethyl adjacent to an activating group) is 1. The van der Waals surface area contributed by atoms with Crippen LogP contribution in [-0.4, -0.2) is 37.1 Å². The van der Waals surface area contributed by atoms with Crippen molar-refractivity contribution < 1.29 is 9.53 Å². The Morgan fingerprint density at radius 2 is 2.00 bits per heavy atom. The Hall–Kier alpha value is -0.830. The van der Waals surface area contributed by atoms with E-state index >= 15 is 0 Å². The molecule has 0 aromatic carbocycles. The van der Waals surface area contributed by atoms with E-state index in [-0.39, 0.29) is 5.97 Å². The average molecular weight is 199 g/mol. The molecular formula is C11H21NO2. The van der Waals surface area contributed by atoms with Crippen molar-refractivity contribution in [3.05, 3.63) is 12.2 Å². The Morgan fingerprint density at radius 1 is 1.36 bits per heavy atom. The minimum Gasteiger partial charge on any atom is -0.463 e. The lowest BCUT2D eigenvalue weighted by Crippen LogP contribution is -2.28. The smallest absolute Gasteiger partial charge is 0.334 e. The van der Waals surface area contributed by atoms with Gasteiger partial charge in [-0.1, -0.05) is 20.4 Å². The van der Waals surface area contributed by atoms with Gasteiger partial charge in [-0.3, -0.25) is 4.90 Å². The summed E-state index contributed by atoms with van der Waals surface area (Å²) in [6.45, 7) is 12.7. The van der Waals surface area contributed by atoms with Crippen LogP contribution in [0, 0.1) is 0 Å². The lowest BCUT2D eigenvalue weighted by molar-refractivity contribution is -0.138. The van der Waals surface area contributed by atoms with Gasteiger partial charge in [0.2, 0.25) is 0 Å². The minimum atomic E-state index is -0.276. The van der Waals surface area contributed by atoms with Crippen LogP contribution in [0.15, 0.2) is 12.2 Å². The molecule has 0 rings (SSSR count). The molecule has 0 heterocycles. The third kappa shape index (κ3) is 5.02. The van der Waals surface area contributed by atoms with Crippen molar-refractivity contribution in [2.24, 2.45) is 0 Å². The maximum atomic E-state index is 11.3. The van der Waals surface area contributed by atoms with Gasteiger partial charge in [0, 0.05) is 12.1 Å². The summed E-state index contributed by atoms with van der Waals surface area (Å²) in [5.74, 6) is -0.276. The number of nitrogens with zero attached hydrogens (tertiary/aromatic N) is 1. The van der Waals surface area contributed by atoms with Gasteiger partial charge >= 0.3 is 5.97 Å². The molecule has 0 fully saturated rings. The predicted octanol–water partition coefficient (Wildman–Crippen LogP) is 1.84. The summed E-state index contributed by atoms with van der Waals surface area (Å²) in [6.07, 6.45) is 1.09. The molecule has 3 heteroatoms. The molecule has 0 bridgehead atoms. The number of rotatable bonds is 7. The van der Waals surface area contributed by atoms with E-state index in [0.717, 1.165) is 19.5 Å². The number of esters is 1. The number of ether oxygens (including phenoxy) is 1. The van der Waals surface area contributed by atoms with Gasteiger partial charge < -0.3 is 4.74 Å². The first-order valence-corrected chi connectivity index (χ1v) is 5.22. The van der Waals surface area contributed by atoms with Crippen molar-refractivity contribution in [3.63, 3.8) is 0 Å². The zero-order chi connectivity index (χ0) is 11.0. The highest BCUT2D eigenvalue weighted by atomic mass is 16.5. The fourth-order valence-corrected chi connectivity index (χ4v) is 1.23. The molecule has 0 amide bonds. The van der Waals surface area contributed by atoms with E-state index < -0.39 is 0 Å². The molecule has 0 aromatic rings. The number of carbonyl (C=O) groups is 1. The second-order valence-electron chi connectivity index (χ2n) is 3.19. The van der Waals surface area contributed by atoms with Crippen molar-refractivity contribution >= 4 is 5.97 Å². The molecular weight excluding hydrogens is 178 g/mol. The Labute approximate surface area is 86.7 Å². The average Bonchev–Trinajstić information content (AvgIpc) is 2.17. The first-order valence-electron chi connectivity index (χ1n) is 5.22. The van der Waals surface area contributed by atoms with Crippen molar-refractivity contribution in [1.82, 2.24) is 4.90 Å². The maximum absolute atomic E-state index is 11.3. The lowest BCUT2D eigenvalue weighted by Gasteiger charge is -2.19. The number of carbonyl (C=O) groups excluding carboxylic acids is 1. The van der Waals surface area contributed by atoms with E-state index in [1.807, 2.05) is 0 Å². The summed E-state index contributed by atoms with van der Waals surface area (Å²) in [5, 5.41) is 0. The van der Waals surface area contributed by atoms with Gasteiger partial charge in [0.1, 0.15) is 0 Å². The number of hydrogen-bond donors (Lipinski definition) is 0. The van der Waals surface area contributed by atoms with Gasteiger partial charge in [-0.15, -0.1) is 0 Å². The third-order valence-electron chi connectivity index (χ3n) is 1.97. The first kappa shape index (κ1) is 13.2. The fraction of sp³-hybridized carbons (Fsp3) is 0.727. The van der Waals surface area contributed by atoms with Crippen molar-refractivity contribution in [3.8, 4) is 0 Å². The lowest BCUT2D eigenvalue weighted by atomic mass is 10.2. The molecule has 82 valence electrons. The van der Waals surface area contributed by atoms with Crippen LogP contribution in [0.5, 0.6) is 0 Å². The quantitative estimate of drug-likeness (QED) is 0.463. The molecule has 0 N–H and O–H groups in total. The third-order valence-corrected chi connectivity index (χ3v) is 1.97. The predicted molar refractivity (Wildman–Crippen MR) is 58.2 cm³/mol. The zero-order valence-corrected chi connectivity index (χ0v) is 9.51. The Balaban J connectivity index is 3.95. The van der Waals surface area contributed by atoms with Crippen LogP contribution in [0.4, 0.5) is 0 Å². The van der Waals surface area contributed by atoms with Gasteiger partial charge in [-0.05, 0) is 26.4 Å². The zero-order valence-electron chi connectivity index (χ0n) is 9.51. The van der Waals surface area contributed by atoms with Gasteiger partial charge in [0.05, 0.1) is 6.61 Å². The summed E-state index contributed by atoms with van der Waals surface area (Å²) >= 11 is 0. The van der Waals surface area contributed by atoms with Crippen LogP contribution >= 0.6 is 0 Å². The Kier molecular flexibility index (Phi) is 7.11. The summed E-state index contributed by atoms with van der Waals surface area (Å²) < 4.78 is 4.86. The highest BCUT2D eigenvalue weighted by Gasteiger charge is 2.10. The molecule has 0 saturated carbocycles. The molecule has 0 atom stereocenters. The summed E-state index contributed by atoms with van der Waals surface area (Å²) in [6, 6.07) is 0. The molecule has 0 aliphatic rings. The van der Waals surface area contributed by atoms with Crippen molar-refractivity contribution in [1.29, 1.82) is 0 Å². The molecule has 0 aliphatic heterocycles. The standard InChI is InChI=1S/C11H21NO2/c1-5-8-12(6-2)9-10(4)11(13)14-7-3/h4-9H2,1-3H3. The van der Waals surface area contributed by atoms with Gasteiger partial charge in [-0.25, -0.2) is 4.79 Å². The van der Waals surface area contributed by atoms with E-state index in [2.05, 4.69) is 25.3 Å². The van der Waals surface area contributed by atoms with E-state index in [0.29, 0.717) is 18.7 Å². The largest absolute Gasteiger partial charge is 0.463 e. The maximum Gasteiger partial charge on any atom is 0.334 e. The molecule has 0 aromatic heterocycles. The molecule has 0 radical (unpaired) electrons. The van der Waals surface area contributed by atoms with E-state index in [1.165, 1.54) is 0 Å². The molecule has 0 unspecified atom stereocenters. The van der Waals surface area contributed by atoms with E-state index in [1.54, 1.807) is 6.92 Å². The molecule has 0 spiro atoms. The minimum absolute atomic E-state index is 0.276. The van der Waals surface area contributed by atoms with Gasteiger partial charge in [-0.2, -0.15) is 0 Å². The van der Waals surface area contributed by atoms with Crippen LogP contribution in [0.25, 0.3) is 0 Å². The monoisotopic (exact) mass is 199 g/mol. The highest BCUT2D eigenvalue weighted by Crippen LogP contribution is 2.00. The Bertz CT molecular complexity index is 190. The Morgan fingerprint density at radius 3 is 2.43 bits per heavy atom. The fourth-order valence-electron chi connectivity index (χ4n) is 1.23. The topological polar surface area (TPSA) is 29.5 Å². The molecule has 0 saturated heterocycles. The summed E-state index contributed by atoms with van der Waals surface area (Å²) in [5.41, 5.74) is 0.544. The SMILES string of the molecule is C=C(CN(CC)CCC)C(=O)OCC. The van der Waals surface area contributed by atoms with Crippen molar-refractivity contribution in [2.75, 3.05) is 26.2 Å². The van der Waals surface area contributed by atoms with Crippen LogP contribution in [-0.2, 0) is 9.53 Å². The van der Waals surface area contributed by atoms with Gasteiger partial charge in [0.25, 0.3) is 0 Å². The normalized spacial score (nSPS) is 10.3. The van der Waals surface area contributed by atoms with E-state index in [9.17, 15) is 4.79 Å². The van der Waals surface area contributed by atoms with Crippen LogP contribution in [0.3, 0.4) is 0 Å². The molecule has 14 heavy (non-hydrogen) atoms. The first-order chi connectivity index (χ1) is 6.65. The van der Waals surface area contributed by atoms with Crippen LogP contribution in [0.2, 0.25) is 0 Å². The summed E-state index contributed by atoms with van der Waals surface area (Å²) in [7, 11) is 0. The summed E-state index contributed by atoms with van der Waals surface area (Å²) in [4.78, 5) is 13.4. The van der Waals surface area contributed by atoms with Gasteiger partial charge in [0.15, 0.2) is 0 Å². The van der Waals surface area contributed by atoms with Crippen molar-refractivity contribution in [2.45, 2.75) is 27.2 Å². The van der Waals surface area contributed by atoms with Crippen LogP contribution < -0.4 is 0 Å². The van der Waals surface area contributed by atoms with Crippen LogP contribution in [0.1, 0.15) is 27.2 Å². The number of hydrogen-bond acceptors (Lipinski definition) is 3. The highest BCUT2D eigenvalue weighted by molar-refractivity contribution is 5.88. The second-order valence-corrected chi connectivity index (χ2v) is 3.19.